The highest BCUT2D eigenvalue weighted by molar-refractivity contribution is 7.26. The van der Waals surface area contributed by atoms with Crippen molar-refractivity contribution in [3.05, 3.63) is 182 Å². The molecular weight excluding hydrogens is 705 g/mol. The van der Waals surface area contributed by atoms with Gasteiger partial charge in [0.15, 0.2) is 23.1 Å². The lowest BCUT2D eigenvalue weighted by Crippen LogP contribution is -2.00. The molecule has 11 rings (SSSR count). The van der Waals surface area contributed by atoms with Gasteiger partial charge >= 0.3 is 0 Å². The summed E-state index contributed by atoms with van der Waals surface area (Å²) in [6.45, 7) is 0. The molecule has 0 saturated carbocycles. The quantitative estimate of drug-likeness (QED) is 0.170. The lowest BCUT2D eigenvalue weighted by Gasteiger charge is -2.12. The van der Waals surface area contributed by atoms with Crippen molar-refractivity contribution in [2.75, 3.05) is 0 Å². The summed E-state index contributed by atoms with van der Waals surface area (Å²) in [7, 11) is 0. The van der Waals surface area contributed by atoms with E-state index >= 15 is 0 Å². The van der Waals surface area contributed by atoms with Crippen LogP contribution >= 0.6 is 11.3 Å². The van der Waals surface area contributed by atoms with Gasteiger partial charge in [0.25, 0.3) is 0 Å². The molecule has 0 saturated heterocycles. The summed E-state index contributed by atoms with van der Waals surface area (Å²) >= 11 is 1.78. The Bertz CT molecular complexity index is 3250. The molecule has 3 heterocycles. The predicted octanol–water partition coefficient (Wildman–Crippen LogP) is 13.5. The summed E-state index contributed by atoms with van der Waals surface area (Å²) in [6.07, 6.45) is 0. The predicted molar refractivity (Wildman–Crippen MR) is 230 cm³/mol. The van der Waals surface area contributed by atoms with Crippen LogP contribution in [0.25, 0.3) is 110 Å². The highest BCUT2D eigenvalue weighted by atomic mass is 32.1. The summed E-state index contributed by atoms with van der Waals surface area (Å²) in [5, 5.41) is 4.59. The first kappa shape index (κ1) is 32.2. The number of oxazole rings is 1. The average molecular weight is 735 g/mol. The van der Waals surface area contributed by atoms with Crippen LogP contribution in [0.4, 0.5) is 0 Å². The van der Waals surface area contributed by atoms with E-state index in [1.165, 1.54) is 20.2 Å². The number of nitrogens with zero attached hydrogens (tertiary/aromatic N) is 4. The van der Waals surface area contributed by atoms with E-state index in [0.717, 1.165) is 66.4 Å². The highest BCUT2D eigenvalue weighted by Gasteiger charge is 2.22. The first-order valence-corrected chi connectivity index (χ1v) is 19.4. The van der Waals surface area contributed by atoms with E-state index in [4.69, 9.17) is 24.4 Å². The lowest BCUT2D eigenvalue weighted by atomic mass is 9.93. The molecule has 0 spiro atoms. The molecule has 6 heteroatoms. The third-order valence-corrected chi connectivity index (χ3v) is 11.5. The Morgan fingerprint density at radius 1 is 0.393 bits per heavy atom. The molecule has 0 aliphatic carbocycles. The summed E-state index contributed by atoms with van der Waals surface area (Å²) in [5.41, 5.74) is 9.76. The maximum Gasteiger partial charge on any atom is 0.227 e. The van der Waals surface area contributed by atoms with Gasteiger partial charge in [-0.05, 0) is 57.8 Å². The molecule has 0 unspecified atom stereocenters. The first-order chi connectivity index (χ1) is 27.7. The Labute approximate surface area is 326 Å². The lowest BCUT2D eigenvalue weighted by molar-refractivity contribution is 0.620. The number of thiophene rings is 1. The van der Waals surface area contributed by atoms with Crippen LogP contribution in [0.15, 0.2) is 186 Å². The minimum atomic E-state index is 0.612. The van der Waals surface area contributed by atoms with Crippen LogP contribution in [0.3, 0.4) is 0 Å². The largest absolute Gasteiger partial charge is 0.436 e. The van der Waals surface area contributed by atoms with Crippen molar-refractivity contribution in [2.24, 2.45) is 0 Å². The SMILES string of the molecule is c1ccc(-c2cccc(-c3nc(-c4ccccc4)nc(-c4ccc5c(-c6c7nc(-c8ccccc8)oc7cc7sc8ccccc8c67)cccc5c4)n3)c2)cc1. The fraction of sp³-hybridized carbons (Fsp3) is 0. The molecule has 56 heavy (non-hydrogen) atoms. The number of hydrogen-bond acceptors (Lipinski definition) is 6. The molecular formula is C50H30N4OS. The van der Waals surface area contributed by atoms with E-state index in [9.17, 15) is 0 Å². The molecule has 0 bridgehead atoms. The molecule has 0 atom stereocenters. The molecule has 0 aliphatic heterocycles. The van der Waals surface area contributed by atoms with Crippen molar-refractivity contribution in [2.45, 2.75) is 0 Å². The molecule has 262 valence electrons. The van der Waals surface area contributed by atoms with Crippen molar-refractivity contribution >= 4 is 53.4 Å². The summed E-state index contributed by atoms with van der Waals surface area (Å²) < 4.78 is 8.91. The minimum Gasteiger partial charge on any atom is -0.436 e. The van der Waals surface area contributed by atoms with Gasteiger partial charge in [-0.2, -0.15) is 0 Å². The van der Waals surface area contributed by atoms with E-state index in [1.54, 1.807) is 11.3 Å². The maximum absolute atomic E-state index is 6.51. The van der Waals surface area contributed by atoms with Crippen LogP contribution in [-0.2, 0) is 0 Å². The minimum absolute atomic E-state index is 0.612. The standard InChI is InChI=1S/C50H30N4OS/c1-4-14-31(15-5-1)34-20-12-22-36(28-34)48-52-47(32-16-6-2-7-17-32)53-49(54-48)37-26-27-38-35(29-37)21-13-24-39(38)45-44-40-23-10-11-25-42(40)56-43(44)30-41-46(45)51-50(55-41)33-18-8-3-9-19-33/h1-30H. The van der Waals surface area contributed by atoms with Gasteiger partial charge in [0, 0.05) is 54.1 Å². The summed E-state index contributed by atoms with van der Waals surface area (Å²) in [6, 6.07) is 62.8. The van der Waals surface area contributed by atoms with Crippen LogP contribution in [-0.4, -0.2) is 19.9 Å². The maximum atomic E-state index is 6.51. The normalized spacial score (nSPS) is 11.6. The second-order valence-electron chi connectivity index (χ2n) is 13.8. The summed E-state index contributed by atoms with van der Waals surface area (Å²) in [4.78, 5) is 20.4. The molecule has 3 aromatic heterocycles. The van der Waals surface area contributed by atoms with Gasteiger partial charge in [-0.15, -0.1) is 11.3 Å². The molecule has 0 fully saturated rings. The second-order valence-corrected chi connectivity index (χ2v) is 14.9. The van der Waals surface area contributed by atoms with Crippen molar-refractivity contribution in [3.8, 4) is 67.9 Å². The third-order valence-electron chi connectivity index (χ3n) is 10.3. The van der Waals surface area contributed by atoms with Crippen LogP contribution in [0.1, 0.15) is 0 Å². The zero-order valence-corrected chi connectivity index (χ0v) is 30.7. The van der Waals surface area contributed by atoms with E-state index in [-0.39, 0.29) is 0 Å². The molecule has 0 radical (unpaired) electrons. The van der Waals surface area contributed by atoms with E-state index in [0.29, 0.717) is 23.4 Å². The molecule has 5 nitrogen and oxygen atoms in total. The number of benzene rings is 8. The zero-order valence-electron chi connectivity index (χ0n) is 29.9. The highest BCUT2D eigenvalue weighted by Crippen LogP contribution is 2.46. The van der Waals surface area contributed by atoms with Crippen LogP contribution < -0.4 is 0 Å². The van der Waals surface area contributed by atoms with Gasteiger partial charge in [-0.3, -0.25) is 0 Å². The molecule has 11 aromatic rings. The third kappa shape index (κ3) is 5.54. The second kappa shape index (κ2) is 13.2. The molecule has 8 aromatic carbocycles. The van der Waals surface area contributed by atoms with Crippen molar-refractivity contribution in [3.63, 3.8) is 0 Å². The van der Waals surface area contributed by atoms with Gasteiger partial charge in [-0.1, -0.05) is 146 Å². The number of rotatable bonds is 6. The van der Waals surface area contributed by atoms with Crippen molar-refractivity contribution < 1.29 is 4.42 Å². The number of hydrogen-bond donors (Lipinski definition) is 0. The monoisotopic (exact) mass is 734 g/mol. The summed E-state index contributed by atoms with van der Waals surface area (Å²) in [5.74, 6) is 2.48. The smallest absolute Gasteiger partial charge is 0.227 e. The number of fused-ring (bicyclic) bond motifs is 5. The Hall–Kier alpha value is -7.28. The Balaban J connectivity index is 1.10. The van der Waals surface area contributed by atoms with E-state index in [1.807, 2.05) is 66.7 Å². The Kier molecular flexibility index (Phi) is 7.60. The zero-order chi connectivity index (χ0) is 37.0. The molecule has 0 amide bonds. The van der Waals surface area contributed by atoms with Crippen LogP contribution in [0, 0.1) is 0 Å². The van der Waals surface area contributed by atoms with Gasteiger partial charge in [-0.25, -0.2) is 19.9 Å². The average Bonchev–Trinajstić information content (AvgIpc) is 3.87. The van der Waals surface area contributed by atoms with Gasteiger partial charge in [0.05, 0.1) is 0 Å². The van der Waals surface area contributed by atoms with Crippen LogP contribution in [0.5, 0.6) is 0 Å². The van der Waals surface area contributed by atoms with E-state index in [2.05, 4.69) is 115 Å². The van der Waals surface area contributed by atoms with E-state index < -0.39 is 0 Å². The fourth-order valence-corrected chi connectivity index (χ4v) is 8.84. The fourth-order valence-electron chi connectivity index (χ4n) is 7.70. The van der Waals surface area contributed by atoms with Crippen LogP contribution in [0.2, 0.25) is 0 Å². The van der Waals surface area contributed by atoms with Gasteiger partial charge in [0.1, 0.15) is 5.52 Å². The molecule has 0 N–H and O–H groups in total. The number of aromatic nitrogens is 4. The van der Waals surface area contributed by atoms with Crippen molar-refractivity contribution in [1.82, 2.24) is 19.9 Å². The van der Waals surface area contributed by atoms with Gasteiger partial charge in [0.2, 0.25) is 5.89 Å². The topological polar surface area (TPSA) is 64.7 Å². The van der Waals surface area contributed by atoms with Crippen molar-refractivity contribution in [1.29, 1.82) is 0 Å². The Morgan fingerprint density at radius 2 is 1.00 bits per heavy atom. The van der Waals surface area contributed by atoms with Gasteiger partial charge < -0.3 is 4.42 Å². The molecule has 0 aliphatic rings. The first-order valence-electron chi connectivity index (χ1n) is 18.5. The Morgan fingerprint density at radius 3 is 1.77 bits per heavy atom.